The highest BCUT2D eigenvalue weighted by molar-refractivity contribution is 5.91. The first kappa shape index (κ1) is 16.8. The Kier molecular flexibility index (Phi) is 4.88. The van der Waals surface area contributed by atoms with Crippen molar-refractivity contribution in [3.05, 3.63) is 69.4 Å². The highest BCUT2D eigenvalue weighted by atomic mass is 19.1. The second-order valence-electron chi connectivity index (χ2n) is 5.83. The van der Waals surface area contributed by atoms with Gasteiger partial charge in [0, 0.05) is 18.8 Å². The Balaban J connectivity index is 1.92. The van der Waals surface area contributed by atoms with Crippen molar-refractivity contribution >= 4 is 18.1 Å². The summed E-state index contributed by atoms with van der Waals surface area (Å²) < 4.78 is 14.6. The normalized spacial score (nSPS) is 17.0. The second-order valence-corrected chi connectivity index (χ2v) is 5.83. The summed E-state index contributed by atoms with van der Waals surface area (Å²) in [7, 11) is 1.76. The molecule has 0 spiro atoms. The summed E-state index contributed by atoms with van der Waals surface area (Å²) in [6, 6.07) is 5.92. The van der Waals surface area contributed by atoms with E-state index in [2.05, 4.69) is 16.5 Å². The zero-order valence-electron chi connectivity index (χ0n) is 13.9. The van der Waals surface area contributed by atoms with E-state index in [1.165, 1.54) is 12.1 Å². The Morgan fingerprint density at radius 2 is 2.08 bits per heavy atom. The molecular formula is C19H19FN4O. The van der Waals surface area contributed by atoms with Crippen LogP contribution in [0.15, 0.2) is 36.4 Å². The number of nitrogens with zero attached hydrogens (tertiary/aromatic N) is 2. The summed E-state index contributed by atoms with van der Waals surface area (Å²) in [6.45, 7) is 0.250. The van der Waals surface area contributed by atoms with Gasteiger partial charge in [0.1, 0.15) is 5.82 Å². The third-order valence-electron chi connectivity index (χ3n) is 4.03. The Labute approximate surface area is 144 Å². The summed E-state index contributed by atoms with van der Waals surface area (Å²) in [6.07, 6.45) is 9.58. The van der Waals surface area contributed by atoms with E-state index in [9.17, 15) is 9.18 Å². The molecule has 0 radical (unpaired) electrons. The van der Waals surface area contributed by atoms with Crippen LogP contribution in [0.4, 0.5) is 4.39 Å². The van der Waals surface area contributed by atoms with Gasteiger partial charge in [-0.3, -0.25) is 14.9 Å². The standard InChI is InChI=1S/C19H19FN4O/c1-24-16-7-5-3-2-4-6-15(16)17(21)18(23-24)19(25)22-12-13-8-10-14(20)11-9-13/h3,5-11,21H,2,4,12H2,1H3,(H,22,25)/b5-3-,15-6-,16-7+,21-17?. The van der Waals surface area contributed by atoms with Crippen LogP contribution in [0.2, 0.25) is 0 Å². The predicted molar refractivity (Wildman–Crippen MR) is 93.2 cm³/mol. The molecule has 128 valence electrons. The van der Waals surface area contributed by atoms with Crippen molar-refractivity contribution in [2.75, 3.05) is 0 Å². The largest absolute Gasteiger partial charge is 0.346 e. The fourth-order valence-electron chi connectivity index (χ4n) is 2.69. The number of aromatic nitrogens is 2. The molecule has 1 aliphatic rings. The van der Waals surface area contributed by atoms with E-state index < -0.39 is 5.91 Å². The van der Waals surface area contributed by atoms with E-state index in [0.29, 0.717) is 5.22 Å². The predicted octanol–water partition coefficient (Wildman–Crippen LogP) is 0.880. The number of fused-ring (bicyclic) bond motifs is 1. The molecule has 2 aromatic rings. The van der Waals surface area contributed by atoms with Gasteiger partial charge in [0.15, 0.2) is 5.69 Å². The highest BCUT2D eigenvalue weighted by Crippen LogP contribution is 2.02. The number of hydrogen-bond acceptors (Lipinski definition) is 3. The van der Waals surface area contributed by atoms with Crippen LogP contribution in [0.1, 0.15) is 28.9 Å². The fraction of sp³-hybridized carbons (Fsp3) is 0.211. The van der Waals surface area contributed by atoms with E-state index in [0.717, 1.165) is 23.8 Å². The molecule has 1 aromatic heterocycles. The number of hydrogen-bond donors (Lipinski definition) is 2. The number of nitrogens with one attached hydrogen (secondary N) is 2. The molecule has 1 amide bonds. The van der Waals surface area contributed by atoms with E-state index in [1.54, 1.807) is 23.9 Å². The number of halogens is 1. The lowest BCUT2D eigenvalue weighted by Gasteiger charge is -2.09. The molecule has 5 nitrogen and oxygen atoms in total. The lowest BCUT2D eigenvalue weighted by molar-refractivity contribution is 0.0941. The van der Waals surface area contributed by atoms with Gasteiger partial charge in [0.25, 0.3) is 5.91 Å². The molecule has 3 rings (SSSR count). The summed E-state index contributed by atoms with van der Waals surface area (Å²) in [4.78, 5) is 12.5. The van der Waals surface area contributed by atoms with Crippen LogP contribution < -0.4 is 21.2 Å². The lowest BCUT2D eigenvalue weighted by Crippen LogP contribution is -2.50. The van der Waals surface area contributed by atoms with Gasteiger partial charge >= 0.3 is 0 Å². The molecule has 2 N–H and O–H groups in total. The molecule has 0 aliphatic heterocycles. The van der Waals surface area contributed by atoms with Crippen molar-refractivity contribution in [1.29, 1.82) is 5.41 Å². The minimum Gasteiger partial charge on any atom is -0.346 e. The second kappa shape index (κ2) is 7.25. The first-order chi connectivity index (χ1) is 12.1. The van der Waals surface area contributed by atoms with Gasteiger partial charge in [0.05, 0.1) is 10.7 Å². The Hall–Kier alpha value is -3.02. The fourth-order valence-corrected chi connectivity index (χ4v) is 2.69. The molecule has 0 fully saturated rings. The molecule has 0 saturated carbocycles. The number of allylic oxidation sites excluding steroid dienone is 2. The van der Waals surface area contributed by atoms with Crippen LogP contribution in [0.25, 0.3) is 12.2 Å². The van der Waals surface area contributed by atoms with E-state index in [1.807, 2.05) is 18.2 Å². The smallest absolute Gasteiger partial charge is 0.274 e. The van der Waals surface area contributed by atoms with Crippen molar-refractivity contribution < 1.29 is 9.18 Å². The first-order valence-electron chi connectivity index (χ1n) is 8.08. The zero-order chi connectivity index (χ0) is 17.8. The average Bonchev–Trinajstić information content (AvgIpc) is 2.57. The summed E-state index contributed by atoms with van der Waals surface area (Å²) in [5.41, 5.74) is 0.861. The van der Waals surface area contributed by atoms with Crippen LogP contribution in [-0.2, 0) is 13.6 Å². The molecule has 1 heterocycles. The van der Waals surface area contributed by atoms with Gasteiger partial charge < -0.3 is 5.32 Å². The maximum Gasteiger partial charge on any atom is 0.274 e. The van der Waals surface area contributed by atoms with Crippen molar-refractivity contribution in [2.24, 2.45) is 7.05 Å². The summed E-state index contributed by atoms with van der Waals surface area (Å²) in [5.74, 6) is -0.738. The average molecular weight is 338 g/mol. The van der Waals surface area contributed by atoms with Gasteiger partial charge in [-0.15, -0.1) is 0 Å². The topological polar surface area (TPSA) is 70.8 Å². The van der Waals surface area contributed by atoms with E-state index >= 15 is 0 Å². The van der Waals surface area contributed by atoms with Gasteiger partial charge in [-0.2, -0.15) is 5.10 Å². The molecule has 0 unspecified atom stereocenters. The van der Waals surface area contributed by atoms with Gasteiger partial charge in [-0.1, -0.05) is 30.4 Å². The molecule has 25 heavy (non-hydrogen) atoms. The van der Waals surface area contributed by atoms with Crippen LogP contribution in [0, 0.1) is 11.2 Å². The number of aryl methyl sites for hydroxylation is 1. The lowest BCUT2D eigenvalue weighted by atomic mass is 10.1. The quantitative estimate of drug-likeness (QED) is 0.872. The first-order valence-corrected chi connectivity index (χ1v) is 8.08. The van der Waals surface area contributed by atoms with Crippen LogP contribution in [0.5, 0.6) is 0 Å². The maximum absolute atomic E-state index is 12.9. The van der Waals surface area contributed by atoms with Crippen LogP contribution in [-0.4, -0.2) is 15.7 Å². The molecule has 1 aromatic carbocycles. The Morgan fingerprint density at radius 1 is 1.32 bits per heavy atom. The maximum atomic E-state index is 12.9. The van der Waals surface area contributed by atoms with Gasteiger partial charge in [0.2, 0.25) is 0 Å². The van der Waals surface area contributed by atoms with E-state index in [-0.39, 0.29) is 23.4 Å². The van der Waals surface area contributed by atoms with Crippen molar-refractivity contribution in [3.8, 4) is 0 Å². The van der Waals surface area contributed by atoms with Crippen LogP contribution >= 0.6 is 0 Å². The minimum absolute atomic E-state index is 0.0811. The monoisotopic (exact) mass is 338 g/mol. The van der Waals surface area contributed by atoms with Crippen molar-refractivity contribution in [2.45, 2.75) is 19.4 Å². The molecule has 0 atom stereocenters. The SMILES string of the molecule is Cn1nc(C(=O)NCc2ccc(F)cc2)c(=N)c2/c1=C\C=C/CC/C=2. The number of carbonyl (C=O) groups is 1. The van der Waals surface area contributed by atoms with Crippen LogP contribution in [0.3, 0.4) is 0 Å². The number of rotatable bonds is 3. The van der Waals surface area contributed by atoms with Gasteiger partial charge in [-0.05, 0) is 36.6 Å². The third kappa shape index (κ3) is 3.74. The number of benzene rings is 1. The van der Waals surface area contributed by atoms with Gasteiger partial charge in [-0.25, -0.2) is 4.39 Å². The molecular weight excluding hydrogens is 319 g/mol. The Morgan fingerprint density at radius 3 is 2.84 bits per heavy atom. The summed E-state index contributed by atoms with van der Waals surface area (Å²) in [5, 5.41) is 17.0. The number of amides is 1. The molecule has 0 bridgehead atoms. The molecule has 6 heteroatoms. The molecule has 1 aliphatic carbocycles. The highest BCUT2D eigenvalue weighted by Gasteiger charge is 2.12. The van der Waals surface area contributed by atoms with Crippen molar-refractivity contribution in [1.82, 2.24) is 15.1 Å². The number of carbonyl (C=O) groups excluding carboxylic acids is 1. The zero-order valence-corrected chi connectivity index (χ0v) is 13.9. The molecule has 0 saturated heterocycles. The summed E-state index contributed by atoms with van der Waals surface area (Å²) >= 11 is 0. The Bertz CT molecular complexity index is 1000. The van der Waals surface area contributed by atoms with E-state index in [4.69, 9.17) is 5.41 Å². The van der Waals surface area contributed by atoms with Crippen molar-refractivity contribution in [3.63, 3.8) is 0 Å². The third-order valence-corrected chi connectivity index (χ3v) is 4.03. The minimum atomic E-state index is -0.418.